The number of hydrogen-bond acceptors (Lipinski definition) is 5. The van der Waals surface area contributed by atoms with E-state index in [1.807, 2.05) is 0 Å². The van der Waals surface area contributed by atoms with Crippen LogP contribution in [-0.4, -0.2) is 54.8 Å². The van der Waals surface area contributed by atoms with E-state index in [0.29, 0.717) is 24.9 Å². The van der Waals surface area contributed by atoms with Crippen molar-refractivity contribution in [2.24, 2.45) is 0 Å². The standard InChI is InChI=1S/C13H20N4O2S/c14-13-4-3-12(9-15-13)20(18,19)17-8-5-11(10-17)16-6-1-2-7-16/h3-4,9,11H,1-2,5-8,10H2,(H2,14,15). The first kappa shape index (κ1) is 13.8. The summed E-state index contributed by atoms with van der Waals surface area (Å²) in [5, 5.41) is 0. The van der Waals surface area contributed by atoms with Crippen molar-refractivity contribution in [1.82, 2.24) is 14.2 Å². The van der Waals surface area contributed by atoms with Crippen LogP contribution in [0.3, 0.4) is 0 Å². The summed E-state index contributed by atoms with van der Waals surface area (Å²) in [6.45, 7) is 3.38. The van der Waals surface area contributed by atoms with Crippen LogP contribution in [0.25, 0.3) is 0 Å². The highest BCUT2D eigenvalue weighted by Gasteiger charge is 2.35. The lowest BCUT2D eigenvalue weighted by atomic mass is 10.2. The van der Waals surface area contributed by atoms with Crippen LogP contribution in [-0.2, 0) is 10.0 Å². The SMILES string of the molecule is Nc1ccc(S(=O)(=O)N2CCC(N3CCCC3)C2)cn1. The lowest BCUT2D eigenvalue weighted by Crippen LogP contribution is -2.37. The van der Waals surface area contributed by atoms with Gasteiger partial charge in [-0.25, -0.2) is 13.4 Å². The number of aromatic nitrogens is 1. The first-order valence-corrected chi connectivity index (χ1v) is 8.47. The number of nitrogens with zero attached hydrogens (tertiary/aromatic N) is 3. The summed E-state index contributed by atoms with van der Waals surface area (Å²) in [5.41, 5.74) is 5.50. The number of likely N-dealkylation sites (tertiary alicyclic amines) is 1. The zero-order valence-corrected chi connectivity index (χ0v) is 12.2. The maximum Gasteiger partial charge on any atom is 0.244 e. The van der Waals surface area contributed by atoms with Gasteiger partial charge in [-0.15, -0.1) is 0 Å². The van der Waals surface area contributed by atoms with E-state index in [2.05, 4.69) is 9.88 Å². The molecule has 1 unspecified atom stereocenters. The number of nitrogens with two attached hydrogens (primary N) is 1. The normalized spacial score (nSPS) is 25.3. The van der Waals surface area contributed by atoms with Crippen molar-refractivity contribution in [3.05, 3.63) is 18.3 Å². The Balaban J connectivity index is 1.74. The topological polar surface area (TPSA) is 79.5 Å². The Labute approximate surface area is 119 Å². The summed E-state index contributed by atoms with van der Waals surface area (Å²) < 4.78 is 26.6. The zero-order valence-electron chi connectivity index (χ0n) is 11.4. The number of hydrogen-bond donors (Lipinski definition) is 1. The predicted molar refractivity (Wildman–Crippen MR) is 76.6 cm³/mol. The van der Waals surface area contributed by atoms with Crippen molar-refractivity contribution >= 4 is 15.8 Å². The molecule has 2 N–H and O–H groups in total. The van der Waals surface area contributed by atoms with Gasteiger partial charge in [0.05, 0.1) is 0 Å². The molecule has 0 aliphatic carbocycles. The third-order valence-electron chi connectivity index (χ3n) is 4.18. The van der Waals surface area contributed by atoms with E-state index in [9.17, 15) is 8.42 Å². The van der Waals surface area contributed by atoms with Crippen molar-refractivity contribution in [1.29, 1.82) is 0 Å². The summed E-state index contributed by atoms with van der Waals surface area (Å²) in [4.78, 5) is 6.52. The molecule has 6 nitrogen and oxygen atoms in total. The van der Waals surface area contributed by atoms with Gasteiger partial charge in [0.2, 0.25) is 10.0 Å². The molecule has 2 aliphatic rings. The molecule has 2 aliphatic heterocycles. The summed E-state index contributed by atoms with van der Waals surface area (Å²) in [5.74, 6) is 0.334. The summed E-state index contributed by atoms with van der Waals surface area (Å²) in [7, 11) is -3.43. The van der Waals surface area contributed by atoms with Crippen molar-refractivity contribution < 1.29 is 8.42 Å². The number of rotatable bonds is 3. The molecule has 1 aromatic rings. The van der Waals surface area contributed by atoms with E-state index < -0.39 is 10.0 Å². The molecule has 3 heterocycles. The van der Waals surface area contributed by atoms with E-state index in [4.69, 9.17) is 5.73 Å². The maximum absolute atomic E-state index is 12.5. The van der Waals surface area contributed by atoms with Crippen LogP contribution in [0.15, 0.2) is 23.2 Å². The Morgan fingerprint density at radius 3 is 2.60 bits per heavy atom. The van der Waals surface area contributed by atoms with E-state index in [1.54, 1.807) is 4.31 Å². The molecule has 7 heteroatoms. The van der Waals surface area contributed by atoms with E-state index in [0.717, 1.165) is 19.5 Å². The van der Waals surface area contributed by atoms with Gasteiger partial charge < -0.3 is 5.73 Å². The Hall–Kier alpha value is -1.18. The van der Waals surface area contributed by atoms with Crippen molar-refractivity contribution in [2.75, 3.05) is 31.9 Å². The third-order valence-corrected chi connectivity index (χ3v) is 6.03. The minimum atomic E-state index is -3.43. The van der Waals surface area contributed by atoms with E-state index in [-0.39, 0.29) is 4.90 Å². The monoisotopic (exact) mass is 296 g/mol. The predicted octanol–water partition coefficient (Wildman–Crippen LogP) is 0.523. The first-order valence-electron chi connectivity index (χ1n) is 7.03. The van der Waals surface area contributed by atoms with Gasteiger partial charge in [-0.3, -0.25) is 4.90 Å². The molecule has 0 radical (unpaired) electrons. The molecule has 0 bridgehead atoms. The second-order valence-corrected chi connectivity index (χ2v) is 7.41. The third kappa shape index (κ3) is 2.53. The second kappa shape index (κ2) is 5.31. The van der Waals surface area contributed by atoms with Crippen LogP contribution in [0.4, 0.5) is 5.82 Å². The molecule has 1 aromatic heterocycles. The van der Waals surface area contributed by atoms with Gasteiger partial charge in [-0.2, -0.15) is 4.31 Å². The lowest BCUT2D eigenvalue weighted by molar-refractivity contribution is 0.251. The van der Waals surface area contributed by atoms with Crippen LogP contribution in [0.1, 0.15) is 19.3 Å². The van der Waals surface area contributed by atoms with Gasteiger partial charge in [0.25, 0.3) is 0 Å². The van der Waals surface area contributed by atoms with Crippen molar-refractivity contribution in [3.8, 4) is 0 Å². The number of anilines is 1. The van der Waals surface area contributed by atoms with Crippen molar-refractivity contribution in [3.63, 3.8) is 0 Å². The molecule has 20 heavy (non-hydrogen) atoms. The smallest absolute Gasteiger partial charge is 0.244 e. The molecule has 0 spiro atoms. The van der Waals surface area contributed by atoms with Gasteiger partial charge in [-0.1, -0.05) is 0 Å². The fourth-order valence-corrected chi connectivity index (χ4v) is 4.47. The molecule has 110 valence electrons. The van der Waals surface area contributed by atoms with Crippen LogP contribution >= 0.6 is 0 Å². The Morgan fingerprint density at radius 1 is 1.20 bits per heavy atom. The van der Waals surface area contributed by atoms with E-state index >= 15 is 0 Å². The summed E-state index contributed by atoms with van der Waals surface area (Å²) >= 11 is 0. The highest BCUT2D eigenvalue weighted by molar-refractivity contribution is 7.89. The highest BCUT2D eigenvalue weighted by Crippen LogP contribution is 2.25. The number of nitrogen functional groups attached to an aromatic ring is 1. The van der Waals surface area contributed by atoms with Crippen LogP contribution in [0, 0.1) is 0 Å². The lowest BCUT2D eigenvalue weighted by Gasteiger charge is -2.23. The van der Waals surface area contributed by atoms with Crippen LogP contribution < -0.4 is 5.73 Å². The molecular weight excluding hydrogens is 276 g/mol. The Bertz CT molecular complexity index is 567. The van der Waals surface area contributed by atoms with Gasteiger partial charge in [0.1, 0.15) is 10.7 Å². The average Bonchev–Trinajstić information content (AvgIpc) is 3.10. The van der Waals surface area contributed by atoms with E-state index in [1.165, 1.54) is 31.2 Å². The molecule has 2 fully saturated rings. The molecule has 1 atom stereocenters. The number of sulfonamides is 1. The molecular formula is C13H20N4O2S. The minimum Gasteiger partial charge on any atom is -0.384 e. The van der Waals surface area contributed by atoms with Gasteiger partial charge >= 0.3 is 0 Å². The quantitative estimate of drug-likeness (QED) is 0.880. The maximum atomic E-state index is 12.5. The Kier molecular flexibility index (Phi) is 3.66. The molecule has 0 saturated carbocycles. The first-order chi connectivity index (χ1) is 9.57. The van der Waals surface area contributed by atoms with Crippen molar-refractivity contribution in [2.45, 2.75) is 30.2 Å². The minimum absolute atomic E-state index is 0.230. The van der Waals surface area contributed by atoms with Crippen LogP contribution in [0.5, 0.6) is 0 Å². The highest BCUT2D eigenvalue weighted by atomic mass is 32.2. The fraction of sp³-hybridized carbons (Fsp3) is 0.615. The average molecular weight is 296 g/mol. The fourth-order valence-electron chi connectivity index (χ4n) is 3.03. The van der Waals surface area contributed by atoms with Crippen LogP contribution in [0.2, 0.25) is 0 Å². The largest absolute Gasteiger partial charge is 0.384 e. The summed E-state index contributed by atoms with van der Waals surface area (Å²) in [6, 6.07) is 3.43. The van der Waals surface area contributed by atoms with Gasteiger partial charge in [0, 0.05) is 25.3 Å². The zero-order chi connectivity index (χ0) is 14.2. The van der Waals surface area contributed by atoms with Gasteiger partial charge in [0.15, 0.2) is 0 Å². The molecule has 3 rings (SSSR count). The van der Waals surface area contributed by atoms with Gasteiger partial charge in [-0.05, 0) is 44.5 Å². The number of pyridine rings is 1. The second-order valence-electron chi connectivity index (χ2n) is 5.47. The molecule has 2 saturated heterocycles. The molecule has 0 aromatic carbocycles. The molecule has 0 amide bonds. The Morgan fingerprint density at radius 2 is 1.95 bits per heavy atom. The summed E-state index contributed by atoms with van der Waals surface area (Å²) in [6.07, 6.45) is 4.71.